The molecule has 1 aromatic rings. The van der Waals surface area contributed by atoms with Gasteiger partial charge in [-0.2, -0.15) is 0 Å². The van der Waals surface area contributed by atoms with Crippen molar-refractivity contribution in [3.8, 4) is 0 Å². The molecule has 1 fully saturated rings. The topological polar surface area (TPSA) is 87.2 Å². The Balaban J connectivity index is 1.45. The molecule has 0 aromatic carbocycles. The fourth-order valence-corrected chi connectivity index (χ4v) is 3.58. The van der Waals surface area contributed by atoms with Crippen LogP contribution in [0.3, 0.4) is 0 Å². The summed E-state index contributed by atoms with van der Waals surface area (Å²) in [5.41, 5.74) is 2.25. The number of anilines is 1. The van der Waals surface area contributed by atoms with E-state index >= 15 is 0 Å². The molecule has 1 aromatic heterocycles. The second-order valence-electron chi connectivity index (χ2n) is 7.30. The fraction of sp³-hybridized carbons (Fsp3) is 0.667. The standard InChI is InChI=1S/C18H27N5O2/c1-12-3-4-16-15(9-12)11-19-17(21-16)22-18(25)20-10-14-5-7-23(8-6-14)13(2)24/h11-12,14H,3-10H2,1-2H3,(H2,19,20,21,22,25). The number of likely N-dealkylation sites (tertiary alicyclic amines) is 1. The van der Waals surface area contributed by atoms with Crippen LogP contribution in [0.5, 0.6) is 0 Å². The van der Waals surface area contributed by atoms with E-state index in [0.717, 1.165) is 50.9 Å². The maximum Gasteiger partial charge on any atom is 0.321 e. The highest BCUT2D eigenvalue weighted by Crippen LogP contribution is 2.23. The fourth-order valence-electron chi connectivity index (χ4n) is 3.58. The van der Waals surface area contributed by atoms with Crippen LogP contribution >= 0.6 is 0 Å². The summed E-state index contributed by atoms with van der Waals surface area (Å²) in [6.07, 6.45) is 6.78. The summed E-state index contributed by atoms with van der Waals surface area (Å²) in [7, 11) is 0. The normalized spacial score (nSPS) is 20.7. The number of piperidine rings is 1. The Morgan fingerprint density at radius 3 is 2.76 bits per heavy atom. The second-order valence-corrected chi connectivity index (χ2v) is 7.30. The Morgan fingerprint density at radius 2 is 2.04 bits per heavy atom. The third-order valence-corrected chi connectivity index (χ3v) is 5.23. The number of hydrogen-bond donors (Lipinski definition) is 2. The van der Waals surface area contributed by atoms with Gasteiger partial charge < -0.3 is 10.2 Å². The largest absolute Gasteiger partial charge is 0.343 e. The Bertz CT molecular complexity index is 640. The zero-order valence-corrected chi connectivity index (χ0v) is 15.0. The van der Waals surface area contributed by atoms with E-state index in [-0.39, 0.29) is 11.9 Å². The molecule has 1 saturated heterocycles. The molecule has 0 saturated carbocycles. The number of hydrogen-bond acceptors (Lipinski definition) is 4. The quantitative estimate of drug-likeness (QED) is 0.877. The lowest BCUT2D eigenvalue weighted by Crippen LogP contribution is -2.41. The molecule has 0 spiro atoms. The van der Waals surface area contributed by atoms with E-state index in [0.29, 0.717) is 24.3 Å². The van der Waals surface area contributed by atoms with Gasteiger partial charge in [0.25, 0.3) is 0 Å². The van der Waals surface area contributed by atoms with Crippen molar-refractivity contribution < 1.29 is 9.59 Å². The zero-order valence-electron chi connectivity index (χ0n) is 15.0. The maximum absolute atomic E-state index is 12.1. The molecule has 0 bridgehead atoms. The van der Waals surface area contributed by atoms with Crippen LogP contribution in [0.25, 0.3) is 0 Å². The number of nitrogens with one attached hydrogen (secondary N) is 2. The minimum Gasteiger partial charge on any atom is -0.343 e. The first-order chi connectivity index (χ1) is 12.0. The number of aromatic nitrogens is 2. The summed E-state index contributed by atoms with van der Waals surface area (Å²) in [6.45, 7) is 6.00. The minimum atomic E-state index is -0.266. The van der Waals surface area contributed by atoms with Crippen LogP contribution in [0, 0.1) is 11.8 Å². The van der Waals surface area contributed by atoms with Crippen molar-refractivity contribution in [2.45, 2.75) is 46.0 Å². The Labute approximate surface area is 148 Å². The smallest absolute Gasteiger partial charge is 0.321 e. The second kappa shape index (κ2) is 7.80. The summed E-state index contributed by atoms with van der Waals surface area (Å²) in [6, 6.07) is -0.266. The maximum atomic E-state index is 12.1. The molecule has 3 rings (SSSR count). The third-order valence-electron chi connectivity index (χ3n) is 5.23. The highest BCUT2D eigenvalue weighted by Gasteiger charge is 2.21. The highest BCUT2D eigenvalue weighted by molar-refractivity contribution is 5.87. The van der Waals surface area contributed by atoms with E-state index in [9.17, 15) is 9.59 Å². The SMILES string of the molecule is CC(=O)N1CCC(CNC(=O)Nc2ncc3c(n2)CCC(C)C3)CC1. The Morgan fingerprint density at radius 1 is 1.28 bits per heavy atom. The van der Waals surface area contributed by atoms with Gasteiger partial charge in [0.15, 0.2) is 0 Å². The first-order valence-electron chi connectivity index (χ1n) is 9.16. The number of urea groups is 1. The number of fused-ring (bicyclic) bond motifs is 1. The minimum absolute atomic E-state index is 0.128. The van der Waals surface area contributed by atoms with Gasteiger partial charge >= 0.3 is 6.03 Å². The first kappa shape index (κ1) is 17.6. The van der Waals surface area contributed by atoms with Crippen LogP contribution in [-0.2, 0) is 17.6 Å². The molecule has 25 heavy (non-hydrogen) atoms. The number of carbonyl (C=O) groups excluding carboxylic acids is 2. The predicted octanol–water partition coefficient (Wildman–Crippen LogP) is 1.98. The van der Waals surface area contributed by atoms with Crippen molar-refractivity contribution in [2.75, 3.05) is 25.0 Å². The summed E-state index contributed by atoms with van der Waals surface area (Å²) in [4.78, 5) is 34.0. The van der Waals surface area contributed by atoms with Crippen molar-refractivity contribution in [2.24, 2.45) is 11.8 Å². The zero-order chi connectivity index (χ0) is 17.8. The molecular weight excluding hydrogens is 318 g/mol. The summed E-state index contributed by atoms with van der Waals surface area (Å²) in [5.74, 6) is 1.58. The van der Waals surface area contributed by atoms with Crippen LogP contribution in [0.2, 0.25) is 0 Å². The molecule has 7 heteroatoms. The van der Waals surface area contributed by atoms with Crippen molar-refractivity contribution in [3.05, 3.63) is 17.5 Å². The number of aryl methyl sites for hydroxylation is 1. The predicted molar refractivity (Wildman–Crippen MR) is 95.2 cm³/mol. The van der Waals surface area contributed by atoms with Gasteiger partial charge in [-0.3, -0.25) is 10.1 Å². The Kier molecular flexibility index (Phi) is 5.50. The van der Waals surface area contributed by atoms with Gasteiger partial charge in [0, 0.05) is 38.4 Å². The van der Waals surface area contributed by atoms with E-state index in [1.54, 1.807) is 6.92 Å². The molecule has 1 unspecified atom stereocenters. The van der Waals surface area contributed by atoms with Crippen LogP contribution in [0.1, 0.15) is 44.4 Å². The van der Waals surface area contributed by atoms with Crippen LogP contribution < -0.4 is 10.6 Å². The Hall–Kier alpha value is -2.18. The van der Waals surface area contributed by atoms with Gasteiger partial charge in [-0.1, -0.05) is 6.92 Å². The monoisotopic (exact) mass is 345 g/mol. The van der Waals surface area contributed by atoms with Gasteiger partial charge in [-0.05, 0) is 49.5 Å². The molecule has 1 aliphatic heterocycles. The molecule has 1 aliphatic carbocycles. The van der Waals surface area contributed by atoms with E-state index in [4.69, 9.17) is 0 Å². The molecule has 0 radical (unpaired) electrons. The molecule has 2 heterocycles. The highest BCUT2D eigenvalue weighted by atomic mass is 16.2. The molecule has 2 N–H and O–H groups in total. The van der Waals surface area contributed by atoms with Gasteiger partial charge in [0.05, 0.1) is 0 Å². The molecule has 136 valence electrons. The molecule has 7 nitrogen and oxygen atoms in total. The lowest BCUT2D eigenvalue weighted by molar-refractivity contribution is -0.130. The molecule has 3 amide bonds. The van der Waals surface area contributed by atoms with E-state index in [1.165, 1.54) is 5.56 Å². The van der Waals surface area contributed by atoms with Gasteiger partial charge in [-0.15, -0.1) is 0 Å². The number of nitrogens with zero attached hydrogens (tertiary/aromatic N) is 3. The first-order valence-corrected chi connectivity index (χ1v) is 9.16. The average Bonchev–Trinajstić information content (AvgIpc) is 2.60. The van der Waals surface area contributed by atoms with E-state index in [1.807, 2.05) is 11.1 Å². The molecule has 2 aliphatic rings. The van der Waals surface area contributed by atoms with Crippen LogP contribution in [-0.4, -0.2) is 46.4 Å². The van der Waals surface area contributed by atoms with Crippen LogP contribution in [0.15, 0.2) is 6.20 Å². The van der Waals surface area contributed by atoms with Crippen LogP contribution in [0.4, 0.5) is 10.7 Å². The van der Waals surface area contributed by atoms with E-state index < -0.39 is 0 Å². The summed E-state index contributed by atoms with van der Waals surface area (Å²) in [5, 5.41) is 5.63. The van der Waals surface area contributed by atoms with Crippen molar-refractivity contribution >= 4 is 17.9 Å². The molecular formula is C18H27N5O2. The lowest BCUT2D eigenvalue weighted by atomic mass is 9.89. The van der Waals surface area contributed by atoms with Gasteiger partial charge in [0.1, 0.15) is 0 Å². The molecule has 1 atom stereocenters. The summed E-state index contributed by atoms with van der Waals surface area (Å²) >= 11 is 0. The number of amides is 3. The lowest BCUT2D eigenvalue weighted by Gasteiger charge is -2.31. The number of rotatable bonds is 3. The van der Waals surface area contributed by atoms with E-state index in [2.05, 4.69) is 27.5 Å². The summed E-state index contributed by atoms with van der Waals surface area (Å²) < 4.78 is 0. The average molecular weight is 345 g/mol. The van der Waals surface area contributed by atoms with Gasteiger partial charge in [0.2, 0.25) is 11.9 Å². The number of carbonyl (C=O) groups is 2. The van der Waals surface area contributed by atoms with Crippen molar-refractivity contribution in [1.82, 2.24) is 20.2 Å². The van der Waals surface area contributed by atoms with Crippen molar-refractivity contribution in [1.29, 1.82) is 0 Å². The van der Waals surface area contributed by atoms with Gasteiger partial charge in [-0.25, -0.2) is 14.8 Å². The van der Waals surface area contributed by atoms with Crippen molar-refractivity contribution in [3.63, 3.8) is 0 Å². The third kappa shape index (κ3) is 4.67.